The Morgan fingerprint density at radius 2 is 2.40 bits per heavy atom. The molecule has 1 fully saturated rings. The predicted octanol–water partition coefficient (Wildman–Crippen LogP) is 2.12. The standard InChI is InChI=1S/C8H16FN.H2/c1-2-6-10-8-5-3-4-7(8)9;/h7-8,10H,2-6H2,1H3;1H/t7-,8+;/m1./s1. The van der Waals surface area contributed by atoms with Crippen molar-refractivity contribution < 1.29 is 5.82 Å². The second kappa shape index (κ2) is 3.91. The molecule has 0 aromatic rings. The molecule has 10 heavy (non-hydrogen) atoms. The third kappa shape index (κ3) is 1.94. The smallest absolute Gasteiger partial charge is 0.115 e. The van der Waals surface area contributed by atoms with Gasteiger partial charge in [-0.1, -0.05) is 6.92 Å². The Bertz CT molecular complexity index is 100. The van der Waals surface area contributed by atoms with Crippen molar-refractivity contribution in [2.24, 2.45) is 0 Å². The van der Waals surface area contributed by atoms with Gasteiger partial charge in [-0.05, 0) is 32.2 Å². The van der Waals surface area contributed by atoms with Crippen LogP contribution >= 0.6 is 0 Å². The Morgan fingerprint density at radius 1 is 1.60 bits per heavy atom. The molecular formula is C8H18FN. The fourth-order valence-corrected chi connectivity index (χ4v) is 1.47. The van der Waals surface area contributed by atoms with Crippen molar-refractivity contribution in [3.05, 3.63) is 0 Å². The molecule has 1 aliphatic rings. The predicted molar refractivity (Wildman–Crippen MR) is 42.9 cm³/mol. The van der Waals surface area contributed by atoms with Gasteiger partial charge in [0.25, 0.3) is 0 Å². The van der Waals surface area contributed by atoms with E-state index in [1.807, 2.05) is 0 Å². The van der Waals surface area contributed by atoms with Gasteiger partial charge in [0.05, 0.1) is 0 Å². The Morgan fingerprint density at radius 3 is 2.90 bits per heavy atom. The van der Waals surface area contributed by atoms with E-state index in [-0.39, 0.29) is 7.47 Å². The molecule has 0 saturated heterocycles. The minimum Gasteiger partial charge on any atom is -0.311 e. The van der Waals surface area contributed by atoms with Gasteiger partial charge in [-0.15, -0.1) is 0 Å². The maximum Gasteiger partial charge on any atom is 0.115 e. The largest absolute Gasteiger partial charge is 0.311 e. The number of halogens is 1. The average molecular weight is 147 g/mol. The highest BCUT2D eigenvalue weighted by Gasteiger charge is 2.25. The van der Waals surface area contributed by atoms with Gasteiger partial charge < -0.3 is 5.32 Å². The fraction of sp³-hybridized carbons (Fsp3) is 1.00. The lowest BCUT2D eigenvalue weighted by molar-refractivity contribution is 0.281. The maximum absolute atomic E-state index is 12.8. The highest BCUT2D eigenvalue weighted by atomic mass is 19.1. The zero-order valence-corrected chi connectivity index (χ0v) is 6.57. The van der Waals surface area contributed by atoms with Crippen LogP contribution in [-0.2, 0) is 0 Å². The van der Waals surface area contributed by atoms with Crippen LogP contribution in [0.5, 0.6) is 0 Å². The van der Waals surface area contributed by atoms with Crippen molar-refractivity contribution >= 4 is 0 Å². The highest BCUT2D eigenvalue weighted by molar-refractivity contribution is 4.82. The maximum atomic E-state index is 12.8. The molecule has 0 aromatic heterocycles. The van der Waals surface area contributed by atoms with E-state index in [0.717, 1.165) is 32.2 Å². The lowest BCUT2D eigenvalue weighted by atomic mass is 10.2. The minimum absolute atomic E-state index is 0. The molecule has 2 atom stereocenters. The second-order valence-electron chi connectivity index (χ2n) is 3.01. The van der Waals surface area contributed by atoms with Crippen LogP contribution in [-0.4, -0.2) is 18.8 Å². The van der Waals surface area contributed by atoms with E-state index < -0.39 is 6.17 Å². The van der Waals surface area contributed by atoms with Gasteiger partial charge >= 0.3 is 0 Å². The number of rotatable bonds is 3. The molecule has 1 N–H and O–H groups in total. The van der Waals surface area contributed by atoms with Crippen molar-refractivity contribution in [2.45, 2.75) is 44.8 Å². The van der Waals surface area contributed by atoms with Crippen LogP contribution in [0.2, 0.25) is 0 Å². The summed E-state index contributed by atoms with van der Waals surface area (Å²) < 4.78 is 12.8. The summed E-state index contributed by atoms with van der Waals surface area (Å²) in [6.07, 6.45) is 3.38. The molecule has 0 heterocycles. The normalized spacial score (nSPS) is 33.0. The minimum atomic E-state index is -0.577. The van der Waals surface area contributed by atoms with E-state index in [4.69, 9.17) is 0 Å². The number of hydrogen-bond donors (Lipinski definition) is 1. The lowest BCUT2D eigenvalue weighted by Gasteiger charge is -2.13. The molecule has 0 aromatic carbocycles. The molecule has 0 aliphatic heterocycles. The van der Waals surface area contributed by atoms with Gasteiger partial charge in [0.2, 0.25) is 0 Å². The van der Waals surface area contributed by atoms with Crippen molar-refractivity contribution in [1.82, 2.24) is 5.32 Å². The van der Waals surface area contributed by atoms with Crippen LogP contribution in [0.1, 0.15) is 34.0 Å². The second-order valence-corrected chi connectivity index (χ2v) is 3.01. The van der Waals surface area contributed by atoms with Gasteiger partial charge in [-0.2, -0.15) is 0 Å². The topological polar surface area (TPSA) is 12.0 Å². The molecular weight excluding hydrogens is 129 g/mol. The third-order valence-electron chi connectivity index (χ3n) is 2.09. The summed E-state index contributed by atoms with van der Waals surface area (Å²) in [5, 5.41) is 3.21. The van der Waals surface area contributed by atoms with Crippen LogP contribution in [0.15, 0.2) is 0 Å². The van der Waals surface area contributed by atoms with Crippen LogP contribution in [0, 0.1) is 0 Å². The van der Waals surface area contributed by atoms with E-state index in [1.165, 1.54) is 0 Å². The van der Waals surface area contributed by atoms with Gasteiger partial charge in [-0.25, -0.2) is 4.39 Å². The summed E-state index contributed by atoms with van der Waals surface area (Å²) in [4.78, 5) is 0. The van der Waals surface area contributed by atoms with Crippen LogP contribution in [0.4, 0.5) is 4.39 Å². The first-order valence-corrected chi connectivity index (χ1v) is 4.22. The van der Waals surface area contributed by atoms with Crippen LogP contribution in [0.25, 0.3) is 0 Å². The van der Waals surface area contributed by atoms with Gasteiger partial charge in [-0.3, -0.25) is 0 Å². The molecule has 1 aliphatic carbocycles. The molecule has 1 nitrogen and oxygen atoms in total. The molecule has 1 rings (SSSR count). The van der Waals surface area contributed by atoms with Crippen molar-refractivity contribution in [3.63, 3.8) is 0 Å². The molecule has 0 unspecified atom stereocenters. The summed E-state index contributed by atoms with van der Waals surface area (Å²) in [6, 6.07) is 0.167. The highest BCUT2D eigenvalue weighted by Crippen LogP contribution is 2.21. The number of hydrogen-bond acceptors (Lipinski definition) is 1. The quantitative estimate of drug-likeness (QED) is 0.644. The zero-order valence-electron chi connectivity index (χ0n) is 6.57. The van der Waals surface area contributed by atoms with E-state index in [2.05, 4.69) is 12.2 Å². The first-order chi connectivity index (χ1) is 4.84. The fourth-order valence-electron chi connectivity index (χ4n) is 1.47. The average Bonchev–Trinajstić information content (AvgIpc) is 2.31. The lowest BCUT2D eigenvalue weighted by Crippen LogP contribution is -2.33. The molecule has 0 amide bonds. The third-order valence-corrected chi connectivity index (χ3v) is 2.09. The number of nitrogens with one attached hydrogen (secondary N) is 1. The van der Waals surface area contributed by atoms with Crippen molar-refractivity contribution in [3.8, 4) is 0 Å². The van der Waals surface area contributed by atoms with Crippen LogP contribution in [0.3, 0.4) is 0 Å². The molecule has 1 saturated carbocycles. The Balaban J connectivity index is 0.000001000. The summed E-state index contributed by atoms with van der Waals surface area (Å²) in [5.41, 5.74) is 0. The summed E-state index contributed by atoms with van der Waals surface area (Å²) in [6.45, 7) is 3.07. The van der Waals surface area contributed by atoms with Crippen LogP contribution < -0.4 is 5.32 Å². The van der Waals surface area contributed by atoms with Gasteiger partial charge in [0.1, 0.15) is 6.17 Å². The Hall–Kier alpha value is -0.110. The Kier molecular flexibility index (Phi) is 3.13. The molecule has 2 heteroatoms. The van der Waals surface area contributed by atoms with E-state index in [1.54, 1.807) is 0 Å². The summed E-state index contributed by atoms with van der Waals surface area (Å²) >= 11 is 0. The molecule has 62 valence electrons. The van der Waals surface area contributed by atoms with E-state index >= 15 is 0 Å². The summed E-state index contributed by atoms with van der Waals surface area (Å²) in [5.74, 6) is 0. The molecule has 0 spiro atoms. The SMILES string of the molecule is CCCN[C@H]1CCC[C@H]1F.[HH]. The van der Waals surface area contributed by atoms with Gasteiger partial charge in [0.15, 0.2) is 0 Å². The van der Waals surface area contributed by atoms with Crippen molar-refractivity contribution in [2.75, 3.05) is 6.54 Å². The van der Waals surface area contributed by atoms with E-state index in [0.29, 0.717) is 0 Å². The van der Waals surface area contributed by atoms with Gasteiger partial charge in [0, 0.05) is 7.47 Å². The summed E-state index contributed by atoms with van der Waals surface area (Å²) in [7, 11) is 0. The first-order valence-electron chi connectivity index (χ1n) is 4.22. The zero-order chi connectivity index (χ0) is 7.40. The van der Waals surface area contributed by atoms with E-state index in [9.17, 15) is 4.39 Å². The van der Waals surface area contributed by atoms with Crippen molar-refractivity contribution in [1.29, 1.82) is 0 Å². The Labute approximate surface area is 63.5 Å². The molecule has 0 radical (unpaired) electrons. The first kappa shape index (κ1) is 7.99. The number of alkyl halides is 1. The molecule has 0 bridgehead atoms. The monoisotopic (exact) mass is 147 g/mol.